The maximum atomic E-state index is 12.6. The summed E-state index contributed by atoms with van der Waals surface area (Å²) >= 11 is 0. The van der Waals surface area contributed by atoms with Crippen LogP contribution in [0.15, 0.2) is 36.9 Å². The van der Waals surface area contributed by atoms with E-state index in [-0.39, 0.29) is 6.16 Å². The van der Waals surface area contributed by atoms with E-state index in [1.54, 1.807) is 20.2 Å². The molecule has 9 nitrogen and oxygen atoms in total. The SMILES string of the molecule is CCOP(=O)(Cc1ccc(OCCCn2cnc3c(N)ncnc32)cc1)OCC. The monoisotopic (exact) mass is 419 g/mol. The fourth-order valence-electron chi connectivity index (χ4n) is 2.92. The van der Waals surface area contributed by atoms with Crippen molar-refractivity contribution in [3.05, 3.63) is 42.5 Å². The molecule has 1 aromatic carbocycles. The molecule has 3 rings (SSSR count). The number of aryl methyl sites for hydroxylation is 1. The average molecular weight is 419 g/mol. The van der Waals surface area contributed by atoms with Gasteiger partial charge in [-0.15, -0.1) is 0 Å². The molecule has 0 radical (unpaired) electrons. The van der Waals surface area contributed by atoms with Gasteiger partial charge in [0.1, 0.15) is 17.6 Å². The molecule has 2 N–H and O–H groups in total. The topological polar surface area (TPSA) is 114 Å². The quantitative estimate of drug-likeness (QED) is 0.370. The van der Waals surface area contributed by atoms with Gasteiger partial charge in [-0.05, 0) is 38.0 Å². The van der Waals surface area contributed by atoms with Crippen LogP contribution in [0.4, 0.5) is 5.82 Å². The highest BCUT2D eigenvalue weighted by molar-refractivity contribution is 7.53. The number of nitrogens with zero attached hydrogens (tertiary/aromatic N) is 4. The lowest BCUT2D eigenvalue weighted by molar-refractivity contribution is 0.219. The van der Waals surface area contributed by atoms with Crippen LogP contribution in [0, 0.1) is 0 Å². The standard InChI is InChI=1S/C19H26N5O4P/c1-3-27-29(25,28-4-2)12-15-6-8-16(9-7-15)26-11-5-10-24-14-23-17-18(20)21-13-22-19(17)24/h6-9,13-14H,3-5,10-12H2,1-2H3,(H2,20,21,22). The summed E-state index contributed by atoms with van der Waals surface area (Å²) in [6.07, 6.45) is 4.16. The zero-order valence-electron chi connectivity index (χ0n) is 16.7. The maximum Gasteiger partial charge on any atom is 0.335 e. The van der Waals surface area contributed by atoms with Crippen molar-refractivity contribution in [1.29, 1.82) is 0 Å². The normalized spacial score (nSPS) is 11.8. The Morgan fingerprint density at radius 3 is 2.48 bits per heavy atom. The van der Waals surface area contributed by atoms with Crippen LogP contribution in [-0.4, -0.2) is 39.3 Å². The van der Waals surface area contributed by atoms with Gasteiger partial charge < -0.3 is 24.1 Å². The number of aromatic nitrogens is 4. The molecule has 0 unspecified atom stereocenters. The molecular formula is C19H26N5O4P. The van der Waals surface area contributed by atoms with Crippen molar-refractivity contribution in [3.8, 4) is 5.75 Å². The van der Waals surface area contributed by atoms with Gasteiger partial charge in [0, 0.05) is 6.54 Å². The van der Waals surface area contributed by atoms with Crippen LogP contribution in [0.5, 0.6) is 5.75 Å². The first-order chi connectivity index (χ1) is 14.0. The smallest absolute Gasteiger partial charge is 0.335 e. The third-order valence-electron chi connectivity index (χ3n) is 4.19. The third kappa shape index (κ3) is 5.53. The number of imidazole rings is 1. The predicted molar refractivity (Wildman–Crippen MR) is 111 cm³/mol. The fraction of sp³-hybridized carbons (Fsp3) is 0.421. The lowest BCUT2D eigenvalue weighted by Gasteiger charge is -2.17. The van der Waals surface area contributed by atoms with Crippen molar-refractivity contribution >= 4 is 24.6 Å². The molecule has 0 fully saturated rings. The minimum atomic E-state index is -3.10. The van der Waals surface area contributed by atoms with Gasteiger partial charge in [-0.25, -0.2) is 15.0 Å². The predicted octanol–water partition coefficient (Wildman–Crippen LogP) is 3.64. The van der Waals surface area contributed by atoms with Crippen molar-refractivity contribution in [2.45, 2.75) is 33.0 Å². The molecule has 10 heteroatoms. The molecule has 0 amide bonds. The molecule has 0 bridgehead atoms. The Labute approximate surface area is 169 Å². The molecule has 156 valence electrons. The second-order valence-corrected chi connectivity index (χ2v) is 8.37. The van der Waals surface area contributed by atoms with Crippen molar-refractivity contribution < 1.29 is 18.3 Å². The molecule has 0 spiro atoms. The van der Waals surface area contributed by atoms with Gasteiger partial charge in [-0.2, -0.15) is 0 Å². The number of anilines is 1. The van der Waals surface area contributed by atoms with Crippen molar-refractivity contribution in [2.75, 3.05) is 25.6 Å². The largest absolute Gasteiger partial charge is 0.494 e. The summed E-state index contributed by atoms with van der Waals surface area (Å²) in [6.45, 7) is 5.55. The van der Waals surface area contributed by atoms with Gasteiger partial charge >= 0.3 is 7.60 Å². The first-order valence-corrected chi connectivity index (χ1v) is 11.3. The average Bonchev–Trinajstić information content (AvgIpc) is 3.11. The molecule has 29 heavy (non-hydrogen) atoms. The Balaban J connectivity index is 1.50. The zero-order chi connectivity index (χ0) is 20.7. The first-order valence-electron chi connectivity index (χ1n) is 9.56. The highest BCUT2D eigenvalue weighted by atomic mass is 31.2. The number of nitrogen functional groups attached to an aromatic ring is 1. The fourth-order valence-corrected chi connectivity index (χ4v) is 4.63. The molecule has 3 aromatic rings. The molecule has 0 atom stereocenters. The Hall–Kier alpha value is -2.48. The second-order valence-electron chi connectivity index (χ2n) is 6.32. The van der Waals surface area contributed by atoms with Crippen molar-refractivity contribution in [3.63, 3.8) is 0 Å². The Morgan fingerprint density at radius 2 is 1.79 bits per heavy atom. The van der Waals surface area contributed by atoms with Gasteiger partial charge in [-0.1, -0.05) is 12.1 Å². The second kappa shape index (κ2) is 9.82. The minimum absolute atomic E-state index is 0.244. The van der Waals surface area contributed by atoms with E-state index in [2.05, 4.69) is 15.0 Å². The van der Waals surface area contributed by atoms with E-state index < -0.39 is 7.60 Å². The van der Waals surface area contributed by atoms with Gasteiger partial charge in [0.05, 0.1) is 32.3 Å². The van der Waals surface area contributed by atoms with Crippen LogP contribution in [0.1, 0.15) is 25.8 Å². The van der Waals surface area contributed by atoms with Gasteiger partial charge in [0.15, 0.2) is 11.5 Å². The molecule has 0 aliphatic carbocycles. The zero-order valence-corrected chi connectivity index (χ0v) is 17.5. The van der Waals surface area contributed by atoms with Crippen LogP contribution in [-0.2, 0) is 26.3 Å². The van der Waals surface area contributed by atoms with Crippen LogP contribution < -0.4 is 10.5 Å². The first kappa shape index (κ1) is 21.2. The molecule has 0 saturated heterocycles. The number of hydrogen-bond donors (Lipinski definition) is 1. The molecule has 0 aliphatic rings. The Morgan fingerprint density at radius 1 is 1.07 bits per heavy atom. The lowest BCUT2D eigenvalue weighted by Crippen LogP contribution is -2.05. The molecule has 2 heterocycles. The van der Waals surface area contributed by atoms with E-state index in [1.807, 2.05) is 28.8 Å². The van der Waals surface area contributed by atoms with Crippen molar-refractivity contribution in [2.24, 2.45) is 0 Å². The van der Waals surface area contributed by atoms with Gasteiger partial charge in [0.2, 0.25) is 0 Å². The minimum Gasteiger partial charge on any atom is -0.494 e. The van der Waals surface area contributed by atoms with E-state index >= 15 is 0 Å². The van der Waals surface area contributed by atoms with E-state index in [0.29, 0.717) is 37.7 Å². The number of fused-ring (bicyclic) bond motifs is 1. The number of rotatable bonds is 11. The molecule has 0 aliphatic heterocycles. The Bertz CT molecular complexity index is 966. The van der Waals surface area contributed by atoms with E-state index in [9.17, 15) is 4.57 Å². The van der Waals surface area contributed by atoms with Gasteiger partial charge in [-0.3, -0.25) is 4.57 Å². The van der Waals surface area contributed by atoms with Gasteiger partial charge in [0.25, 0.3) is 0 Å². The highest BCUT2D eigenvalue weighted by Crippen LogP contribution is 2.51. The summed E-state index contributed by atoms with van der Waals surface area (Å²) in [4.78, 5) is 12.4. The summed E-state index contributed by atoms with van der Waals surface area (Å²) in [5.74, 6) is 1.13. The lowest BCUT2D eigenvalue weighted by atomic mass is 10.2. The maximum absolute atomic E-state index is 12.6. The summed E-state index contributed by atoms with van der Waals surface area (Å²) in [6, 6.07) is 7.47. The molecule has 2 aromatic heterocycles. The molecule has 0 saturated carbocycles. The van der Waals surface area contributed by atoms with Crippen LogP contribution in [0.25, 0.3) is 11.2 Å². The number of nitrogens with two attached hydrogens (primary N) is 1. The summed E-state index contributed by atoms with van der Waals surface area (Å²) in [5.41, 5.74) is 8.01. The van der Waals surface area contributed by atoms with Crippen molar-refractivity contribution in [1.82, 2.24) is 19.5 Å². The van der Waals surface area contributed by atoms with E-state index in [0.717, 1.165) is 23.4 Å². The molecular weight excluding hydrogens is 393 g/mol. The highest BCUT2D eigenvalue weighted by Gasteiger charge is 2.23. The third-order valence-corrected chi connectivity index (χ3v) is 6.25. The number of ether oxygens (including phenoxy) is 1. The van der Waals surface area contributed by atoms with E-state index in [4.69, 9.17) is 19.5 Å². The van der Waals surface area contributed by atoms with Crippen LogP contribution in [0.3, 0.4) is 0 Å². The Kier molecular flexibility index (Phi) is 7.19. The van der Waals surface area contributed by atoms with Crippen LogP contribution >= 0.6 is 7.60 Å². The summed E-state index contributed by atoms with van der Waals surface area (Å²) in [7, 11) is -3.10. The van der Waals surface area contributed by atoms with E-state index in [1.165, 1.54) is 6.33 Å². The summed E-state index contributed by atoms with van der Waals surface area (Å²) in [5, 5.41) is 0. The number of benzene rings is 1. The summed E-state index contributed by atoms with van der Waals surface area (Å²) < 4.78 is 31.0. The van der Waals surface area contributed by atoms with Crippen LogP contribution in [0.2, 0.25) is 0 Å². The number of hydrogen-bond acceptors (Lipinski definition) is 8.